The summed E-state index contributed by atoms with van der Waals surface area (Å²) in [4.78, 5) is 12.2. The third-order valence-corrected chi connectivity index (χ3v) is 4.13. The van der Waals surface area contributed by atoms with Crippen LogP contribution in [0, 0.1) is 5.92 Å². The van der Waals surface area contributed by atoms with Crippen molar-refractivity contribution in [2.45, 2.75) is 65.1 Å². The molecule has 0 bridgehead atoms. The van der Waals surface area contributed by atoms with Crippen LogP contribution in [0.25, 0.3) is 0 Å². The van der Waals surface area contributed by atoms with Crippen LogP contribution in [0.5, 0.6) is 0 Å². The zero-order chi connectivity index (χ0) is 14.0. The minimum absolute atomic E-state index is 0.0742. The van der Waals surface area contributed by atoms with Gasteiger partial charge in [0.25, 0.3) is 0 Å². The maximum Gasteiger partial charge on any atom is 0.142 e. The molecule has 0 saturated carbocycles. The van der Waals surface area contributed by atoms with Crippen LogP contribution in [0.1, 0.15) is 53.9 Å². The van der Waals surface area contributed by atoms with E-state index in [1.54, 1.807) is 0 Å². The highest BCUT2D eigenvalue weighted by molar-refractivity contribution is 5.83. The minimum atomic E-state index is -0.352. The normalized spacial score (nSPS) is 32.9. The molecule has 0 amide bonds. The maximum absolute atomic E-state index is 12.2. The van der Waals surface area contributed by atoms with E-state index in [4.69, 9.17) is 4.74 Å². The van der Waals surface area contributed by atoms with E-state index < -0.39 is 0 Å². The van der Waals surface area contributed by atoms with Gasteiger partial charge in [-0.25, -0.2) is 0 Å². The Kier molecular flexibility index (Phi) is 4.55. The quantitative estimate of drug-likeness (QED) is 0.688. The maximum atomic E-state index is 12.2. The van der Waals surface area contributed by atoms with Gasteiger partial charge in [0, 0.05) is 12.3 Å². The summed E-state index contributed by atoms with van der Waals surface area (Å²) in [5, 5.41) is 0. The summed E-state index contributed by atoms with van der Waals surface area (Å²) < 4.78 is 6.12. The molecule has 1 saturated heterocycles. The van der Waals surface area contributed by atoms with Crippen LogP contribution >= 0.6 is 0 Å². The summed E-state index contributed by atoms with van der Waals surface area (Å²) >= 11 is 0. The molecular formula is C16H26O2. The van der Waals surface area contributed by atoms with Crippen molar-refractivity contribution in [3.63, 3.8) is 0 Å². The number of rotatable bonds is 5. The number of hydrogen-bond acceptors (Lipinski definition) is 2. The van der Waals surface area contributed by atoms with Crippen molar-refractivity contribution in [1.29, 1.82) is 0 Å². The molecule has 1 rings (SSSR count). The number of allylic oxidation sites excluding steroid dienone is 2. The molecule has 0 N–H and O–H groups in total. The van der Waals surface area contributed by atoms with Gasteiger partial charge in [-0.3, -0.25) is 4.79 Å². The van der Waals surface area contributed by atoms with Gasteiger partial charge < -0.3 is 4.74 Å². The average molecular weight is 250 g/mol. The minimum Gasteiger partial charge on any atom is -0.364 e. The highest BCUT2D eigenvalue weighted by Gasteiger charge is 2.46. The number of ketones is 1. The molecule has 102 valence electrons. The summed E-state index contributed by atoms with van der Waals surface area (Å²) in [6.45, 7) is 13.9. The van der Waals surface area contributed by atoms with Crippen molar-refractivity contribution in [2.24, 2.45) is 5.92 Å². The van der Waals surface area contributed by atoms with Crippen molar-refractivity contribution in [3.8, 4) is 0 Å². The van der Waals surface area contributed by atoms with Crippen LogP contribution in [0.15, 0.2) is 24.3 Å². The van der Waals surface area contributed by atoms with E-state index >= 15 is 0 Å². The molecule has 0 radical (unpaired) electrons. The predicted octanol–water partition coefficient (Wildman–Crippen LogP) is 4.06. The Hall–Kier alpha value is -0.890. The van der Waals surface area contributed by atoms with Gasteiger partial charge in [0.1, 0.15) is 5.78 Å². The Balaban J connectivity index is 2.72. The van der Waals surface area contributed by atoms with Gasteiger partial charge in [-0.2, -0.15) is 0 Å². The van der Waals surface area contributed by atoms with Crippen LogP contribution in [-0.4, -0.2) is 17.0 Å². The van der Waals surface area contributed by atoms with E-state index in [1.807, 2.05) is 46.8 Å². The highest BCUT2D eigenvalue weighted by Crippen LogP contribution is 2.43. The Morgan fingerprint density at radius 3 is 2.44 bits per heavy atom. The molecule has 1 fully saturated rings. The second-order valence-electron chi connectivity index (χ2n) is 6.11. The van der Waals surface area contributed by atoms with E-state index in [9.17, 15) is 4.79 Å². The molecule has 0 aliphatic carbocycles. The topological polar surface area (TPSA) is 26.3 Å². The fourth-order valence-electron chi connectivity index (χ4n) is 2.40. The Morgan fingerprint density at radius 1 is 1.39 bits per heavy atom. The molecule has 0 aromatic carbocycles. The molecule has 3 unspecified atom stereocenters. The van der Waals surface area contributed by atoms with Gasteiger partial charge in [0.2, 0.25) is 0 Å². The van der Waals surface area contributed by atoms with Gasteiger partial charge in [-0.05, 0) is 40.5 Å². The summed E-state index contributed by atoms with van der Waals surface area (Å²) in [5.41, 5.74) is 0.555. The molecule has 1 aliphatic heterocycles. The van der Waals surface area contributed by atoms with Crippen LogP contribution in [0.2, 0.25) is 0 Å². The van der Waals surface area contributed by atoms with E-state index in [-0.39, 0.29) is 22.9 Å². The fraction of sp³-hybridized carbons (Fsp3) is 0.688. The van der Waals surface area contributed by atoms with E-state index in [0.29, 0.717) is 6.42 Å². The molecule has 2 nitrogen and oxygen atoms in total. The lowest BCUT2D eigenvalue weighted by atomic mass is 9.83. The number of Topliss-reactive ketones (excluding diaryl/α,β-unsaturated/α-hetero) is 1. The largest absolute Gasteiger partial charge is 0.364 e. The van der Waals surface area contributed by atoms with E-state index in [2.05, 4.69) is 6.58 Å². The number of hydrogen-bond donors (Lipinski definition) is 0. The first kappa shape index (κ1) is 15.2. The second kappa shape index (κ2) is 5.40. The van der Waals surface area contributed by atoms with Crippen LogP contribution < -0.4 is 0 Å². The van der Waals surface area contributed by atoms with E-state index in [0.717, 1.165) is 12.8 Å². The van der Waals surface area contributed by atoms with Crippen LogP contribution in [0.3, 0.4) is 0 Å². The number of ether oxygens (including phenoxy) is 1. The van der Waals surface area contributed by atoms with Crippen LogP contribution in [0.4, 0.5) is 0 Å². The first-order valence-corrected chi connectivity index (χ1v) is 6.72. The molecular weight excluding hydrogens is 224 g/mol. The van der Waals surface area contributed by atoms with Crippen LogP contribution in [-0.2, 0) is 9.53 Å². The molecule has 18 heavy (non-hydrogen) atoms. The third-order valence-electron chi connectivity index (χ3n) is 4.13. The Bertz CT molecular complexity index is 365. The summed E-state index contributed by atoms with van der Waals surface area (Å²) in [7, 11) is 0. The van der Waals surface area contributed by atoms with Gasteiger partial charge >= 0.3 is 0 Å². The van der Waals surface area contributed by atoms with Crippen molar-refractivity contribution < 1.29 is 9.53 Å². The fourth-order valence-corrected chi connectivity index (χ4v) is 2.40. The van der Waals surface area contributed by atoms with Gasteiger partial charge in [-0.1, -0.05) is 24.6 Å². The second-order valence-corrected chi connectivity index (χ2v) is 6.11. The van der Waals surface area contributed by atoms with Gasteiger partial charge in [0.15, 0.2) is 0 Å². The van der Waals surface area contributed by atoms with Gasteiger partial charge in [0.05, 0.1) is 11.2 Å². The summed E-state index contributed by atoms with van der Waals surface area (Å²) in [5.74, 6) is 0.182. The lowest BCUT2D eigenvalue weighted by Crippen LogP contribution is -2.39. The smallest absolute Gasteiger partial charge is 0.142 e. The molecule has 1 heterocycles. The number of carbonyl (C=O) groups is 1. The monoisotopic (exact) mass is 250 g/mol. The highest BCUT2D eigenvalue weighted by atomic mass is 16.5. The van der Waals surface area contributed by atoms with Crippen molar-refractivity contribution in [3.05, 3.63) is 24.3 Å². The summed E-state index contributed by atoms with van der Waals surface area (Å²) in [6, 6.07) is 0. The third kappa shape index (κ3) is 3.32. The van der Waals surface area contributed by atoms with Crippen molar-refractivity contribution in [2.75, 3.05) is 0 Å². The van der Waals surface area contributed by atoms with Gasteiger partial charge in [-0.15, -0.1) is 6.58 Å². The molecule has 0 aromatic heterocycles. The lowest BCUT2D eigenvalue weighted by molar-refractivity contribution is -0.137. The van der Waals surface area contributed by atoms with Crippen molar-refractivity contribution >= 4 is 5.78 Å². The molecule has 2 heteroatoms. The van der Waals surface area contributed by atoms with E-state index in [1.165, 1.54) is 5.57 Å². The first-order chi connectivity index (χ1) is 8.22. The predicted molar refractivity (Wildman–Crippen MR) is 75.5 cm³/mol. The molecule has 0 aromatic rings. The molecule has 3 atom stereocenters. The SMILES string of the molecule is C=CC1(C)CCC(C)(C(C)C(=O)CC=C(C)C)O1. The molecule has 1 aliphatic rings. The number of carbonyl (C=O) groups excluding carboxylic acids is 1. The summed E-state index contributed by atoms with van der Waals surface area (Å²) in [6.07, 6.45) is 6.20. The molecule has 0 spiro atoms. The zero-order valence-corrected chi connectivity index (χ0v) is 12.4. The Labute approximate surface area is 111 Å². The average Bonchev–Trinajstić information content (AvgIpc) is 2.63. The first-order valence-electron chi connectivity index (χ1n) is 6.72. The zero-order valence-electron chi connectivity index (χ0n) is 12.4. The van der Waals surface area contributed by atoms with Crippen molar-refractivity contribution in [1.82, 2.24) is 0 Å². The Morgan fingerprint density at radius 2 is 2.00 bits per heavy atom. The lowest BCUT2D eigenvalue weighted by Gasteiger charge is -2.33. The standard InChI is InChI=1S/C16H26O2/c1-7-15(5)10-11-16(6,18-15)13(4)14(17)9-8-12(2)3/h7-8,13H,1,9-11H2,2-6H3.